The molecule has 0 bridgehead atoms. The molecule has 2 aliphatic carbocycles. The standard InChI is InChI=1S/C28H23N3S2/c1-16-29-27(17-10-12-25-21(14-17)19-6-2-4-8-23(19)32-25)31-28(30-16)18-11-13-26-22(15-18)20-7-3-5-9-24(20)33-26/h2,4-6,8-14,18,27H,3,7,15H2,1H3,(H,29,30,31). The second-order valence-corrected chi connectivity index (χ2v) is 11.1. The monoisotopic (exact) mass is 465 g/mol. The number of amidine groups is 2. The lowest BCUT2D eigenvalue weighted by Gasteiger charge is -2.26. The van der Waals surface area contributed by atoms with Gasteiger partial charge in [-0.1, -0.05) is 36.4 Å². The number of nitrogens with zero attached hydrogens (tertiary/aromatic N) is 2. The van der Waals surface area contributed by atoms with E-state index in [1.54, 1.807) is 5.56 Å². The van der Waals surface area contributed by atoms with Gasteiger partial charge in [-0.15, -0.1) is 22.7 Å². The van der Waals surface area contributed by atoms with E-state index in [1.807, 2.05) is 22.7 Å². The van der Waals surface area contributed by atoms with E-state index < -0.39 is 0 Å². The number of thiophene rings is 2. The van der Waals surface area contributed by atoms with Crippen molar-refractivity contribution in [1.82, 2.24) is 5.32 Å². The fourth-order valence-electron chi connectivity index (χ4n) is 5.24. The Labute approximate surface area is 200 Å². The number of aliphatic imine (C=N–C) groups is 2. The van der Waals surface area contributed by atoms with E-state index in [-0.39, 0.29) is 12.1 Å². The molecule has 2 atom stereocenters. The van der Waals surface area contributed by atoms with E-state index in [0.29, 0.717) is 0 Å². The van der Waals surface area contributed by atoms with Gasteiger partial charge in [0.2, 0.25) is 0 Å². The fourth-order valence-corrected chi connectivity index (χ4v) is 7.55. The Hall–Kier alpha value is -3.02. The molecule has 0 saturated carbocycles. The number of hydrogen-bond donors (Lipinski definition) is 1. The van der Waals surface area contributed by atoms with Crippen LogP contribution in [0.5, 0.6) is 0 Å². The van der Waals surface area contributed by atoms with Crippen LogP contribution in [0.1, 0.15) is 46.0 Å². The van der Waals surface area contributed by atoms with Gasteiger partial charge in [-0.05, 0) is 73.2 Å². The average Bonchev–Trinajstić information content (AvgIpc) is 3.41. The molecule has 3 nitrogen and oxygen atoms in total. The van der Waals surface area contributed by atoms with Crippen molar-refractivity contribution < 1.29 is 0 Å². The molecule has 3 aliphatic rings. The lowest BCUT2D eigenvalue weighted by atomic mass is 9.87. The van der Waals surface area contributed by atoms with Gasteiger partial charge in [0.15, 0.2) is 6.17 Å². The Bertz CT molecular complexity index is 1550. The van der Waals surface area contributed by atoms with Crippen molar-refractivity contribution in [3.63, 3.8) is 0 Å². The predicted octanol–water partition coefficient (Wildman–Crippen LogP) is 7.38. The number of rotatable bonds is 2. The van der Waals surface area contributed by atoms with E-state index in [1.165, 1.54) is 35.5 Å². The van der Waals surface area contributed by atoms with Gasteiger partial charge in [0.25, 0.3) is 0 Å². The van der Waals surface area contributed by atoms with Crippen molar-refractivity contribution in [2.75, 3.05) is 0 Å². The molecule has 4 aromatic rings. The second kappa shape index (κ2) is 7.51. The van der Waals surface area contributed by atoms with Gasteiger partial charge in [0, 0.05) is 35.8 Å². The summed E-state index contributed by atoms with van der Waals surface area (Å²) in [5.41, 5.74) is 4.24. The highest BCUT2D eigenvalue weighted by Crippen LogP contribution is 2.40. The molecule has 2 aromatic heterocycles. The molecule has 7 rings (SSSR count). The first-order chi connectivity index (χ1) is 16.2. The van der Waals surface area contributed by atoms with Crippen LogP contribution in [0, 0.1) is 5.92 Å². The van der Waals surface area contributed by atoms with Crippen LogP contribution in [-0.2, 0) is 12.8 Å². The Kier molecular flexibility index (Phi) is 4.42. The van der Waals surface area contributed by atoms with Crippen LogP contribution in [-0.4, -0.2) is 11.7 Å². The summed E-state index contributed by atoms with van der Waals surface area (Å²) in [4.78, 5) is 12.9. The lowest BCUT2D eigenvalue weighted by Crippen LogP contribution is -2.38. The summed E-state index contributed by atoms with van der Waals surface area (Å²) in [6, 6.07) is 15.4. The molecule has 0 amide bonds. The zero-order valence-electron chi connectivity index (χ0n) is 18.3. The molecule has 162 valence electrons. The molecule has 0 radical (unpaired) electrons. The SMILES string of the molecule is CC1=NC(c2ccc3sc4ccccc4c3c2)N=C(C2C=Cc3sc4c(c3C2)CCC=C4)N1. The molecule has 1 N–H and O–H groups in total. The van der Waals surface area contributed by atoms with Crippen molar-refractivity contribution in [3.05, 3.63) is 81.1 Å². The third-order valence-corrected chi connectivity index (χ3v) is 9.21. The van der Waals surface area contributed by atoms with Crippen molar-refractivity contribution >= 4 is 66.7 Å². The predicted molar refractivity (Wildman–Crippen MR) is 144 cm³/mol. The van der Waals surface area contributed by atoms with Gasteiger partial charge in [-0.3, -0.25) is 0 Å². The van der Waals surface area contributed by atoms with Gasteiger partial charge >= 0.3 is 0 Å². The van der Waals surface area contributed by atoms with Gasteiger partial charge < -0.3 is 5.32 Å². The van der Waals surface area contributed by atoms with Gasteiger partial charge in [0.1, 0.15) is 11.7 Å². The van der Waals surface area contributed by atoms with Crippen LogP contribution < -0.4 is 5.32 Å². The molecular formula is C28H23N3S2. The highest BCUT2D eigenvalue weighted by Gasteiger charge is 2.28. The zero-order valence-corrected chi connectivity index (χ0v) is 20.0. The molecule has 2 unspecified atom stereocenters. The first-order valence-electron chi connectivity index (χ1n) is 11.5. The molecule has 0 spiro atoms. The number of hydrogen-bond acceptors (Lipinski definition) is 5. The summed E-state index contributed by atoms with van der Waals surface area (Å²) >= 11 is 3.78. The lowest BCUT2D eigenvalue weighted by molar-refractivity contribution is 0.713. The molecular weight excluding hydrogens is 442 g/mol. The van der Waals surface area contributed by atoms with Crippen molar-refractivity contribution in [2.45, 2.75) is 32.4 Å². The van der Waals surface area contributed by atoms with Crippen LogP contribution >= 0.6 is 22.7 Å². The minimum absolute atomic E-state index is 0.196. The van der Waals surface area contributed by atoms with Crippen molar-refractivity contribution in [2.24, 2.45) is 15.9 Å². The highest BCUT2D eigenvalue weighted by atomic mass is 32.1. The van der Waals surface area contributed by atoms with E-state index in [9.17, 15) is 0 Å². The third-order valence-electron chi connectivity index (χ3n) is 6.85. The average molecular weight is 466 g/mol. The van der Waals surface area contributed by atoms with Gasteiger partial charge in [0.05, 0.1) is 0 Å². The largest absolute Gasteiger partial charge is 0.332 e. The van der Waals surface area contributed by atoms with Crippen LogP contribution in [0.3, 0.4) is 0 Å². The van der Waals surface area contributed by atoms with Gasteiger partial charge in [-0.2, -0.15) is 0 Å². The maximum Gasteiger partial charge on any atom is 0.169 e. The molecule has 3 heterocycles. The molecule has 0 fully saturated rings. The summed E-state index contributed by atoms with van der Waals surface area (Å²) in [5.74, 6) is 2.24. The molecule has 0 saturated heterocycles. The van der Waals surface area contributed by atoms with Crippen LogP contribution in [0.15, 0.2) is 64.6 Å². The smallest absolute Gasteiger partial charge is 0.169 e. The van der Waals surface area contributed by atoms with Crippen molar-refractivity contribution in [3.8, 4) is 0 Å². The van der Waals surface area contributed by atoms with Crippen LogP contribution in [0.2, 0.25) is 0 Å². The van der Waals surface area contributed by atoms with E-state index >= 15 is 0 Å². The molecule has 2 aromatic carbocycles. The van der Waals surface area contributed by atoms with Crippen LogP contribution in [0.4, 0.5) is 0 Å². The molecule has 33 heavy (non-hydrogen) atoms. The number of nitrogens with one attached hydrogen (secondary N) is 1. The van der Waals surface area contributed by atoms with E-state index in [2.05, 4.69) is 79.0 Å². The van der Waals surface area contributed by atoms with E-state index in [4.69, 9.17) is 9.98 Å². The number of fused-ring (bicyclic) bond motifs is 6. The van der Waals surface area contributed by atoms with Gasteiger partial charge in [-0.25, -0.2) is 9.98 Å². The topological polar surface area (TPSA) is 36.8 Å². The maximum absolute atomic E-state index is 5.13. The summed E-state index contributed by atoms with van der Waals surface area (Å²) in [6.45, 7) is 2.05. The first kappa shape index (κ1) is 19.4. The first-order valence-corrected chi connectivity index (χ1v) is 13.2. The number of benzene rings is 2. The normalized spacial score (nSPS) is 21.5. The Balaban J connectivity index is 1.25. The van der Waals surface area contributed by atoms with Crippen molar-refractivity contribution in [1.29, 1.82) is 0 Å². The quantitative estimate of drug-likeness (QED) is 0.329. The molecule has 1 aliphatic heterocycles. The Morgan fingerprint density at radius 1 is 0.909 bits per heavy atom. The summed E-state index contributed by atoms with van der Waals surface area (Å²) in [5, 5.41) is 6.11. The zero-order chi connectivity index (χ0) is 21.9. The highest BCUT2D eigenvalue weighted by molar-refractivity contribution is 7.25. The summed E-state index contributed by atoms with van der Waals surface area (Å²) in [6.07, 6.45) is 12.4. The summed E-state index contributed by atoms with van der Waals surface area (Å²) < 4.78 is 2.65. The van der Waals surface area contributed by atoms with Crippen LogP contribution in [0.25, 0.3) is 32.3 Å². The summed E-state index contributed by atoms with van der Waals surface area (Å²) in [7, 11) is 0. The van der Waals surface area contributed by atoms with E-state index in [0.717, 1.165) is 36.5 Å². The number of allylic oxidation sites excluding steroid dienone is 1. The minimum atomic E-state index is -0.196. The minimum Gasteiger partial charge on any atom is -0.332 e. The third kappa shape index (κ3) is 3.22. The fraction of sp³-hybridized carbons (Fsp3) is 0.214. The molecule has 5 heteroatoms. The maximum atomic E-state index is 5.13. The Morgan fingerprint density at radius 2 is 1.79 bits per heavy atom. The second-order valence-electron chi connectivity index (χ2n) is 8.98. The Morgan fingerprint density at radius 3 is 2.76 bits per heavy atom.